The quantitative estimate of drug-likeness (QED) is 0.716. The van der Waals surface area contributed by atoms with E-state index in [1.165, 1.54) is 16.9 Å². The second-order valence-electron chi connectivity index (χ2n) is 7.43. The van der Waals surface area contributed by atoms with Gasteiger partial charge >= 0.3 is 0 Å². The Bertz CT molecular complexity index is 1060. The molecule has 0 saturated carbocycles. The Morgan fingerprint density at radius 3 is 2.40 bits per heavy atom. The second-order valence-corrected chi connectivity index (χ2v) is 7.43. The van der Waals surface area contributed by atoms with Crippen molar-refractivity contribution in [3.8, 4) is 5.69 Å². The van der Waals surface area contributed by atoms with Gasteiger partial charge in [0.1, 0.15) is 11.5 Å². The third kappa shape index (κ3) is 3.96. The number of amides is 2. The standard InChI is InChI=1S/C23H23FN4O2/c1-16-19(15-25-28(16)21-10-6-5-9-20(21)24)23(30)27-13-11-17(12-14-27)22(29)26-18-7-3-2-4-8-18/h2-10,15,17H,11-14H2,1H3,(H,26,29). The maximum absolute atomic E-state index is 14.1. The zero-order valence-corrected chi connectivity index (χ0v) is 16.7. The van der Waals surface area contributed by atoms with Crippen molar-refractivity contribution >= 4 is 17.5 Å². The molecule has 1 aliphatic rings. The summed E-state index contributed by atoms with van der Waals surface area (Å²) in [6.45, 7) is 2.75. The number of nitrogens with one attached hydrogen (secondary N) is 1. The first kappa shape index (κ1) is 19.8. The molecule has 6 nitrogen and oxygen atoms in total. The lowest BCUT2D eigenvalue weighted by Gasteiger charge is -2.31. The topological polar surface area (TPSA) is 67.2 Å². The number of hydrogen-bond acceptors (Lipinski definition) is 3. The number of likely N-dealkylation sites (tertiary alicyclic amines) is 1. The highest BCUT2D eigenvalue weighted by Gasteiger charge is 2.29. The van der Waals surface area contributed by atoms with Gasteiger partial charge in [0.05, 0.1) is 17.5 Å². The van der Waals surface area contributed by atoms with E-state index in [2.05, 4.69) is 10.4 Å². The van der Waals surface area contributed by atoms with Gasteiger partial charge in [0, 0.05) is 24.7 Å². The molecular weight excluding hydrogens is 383 g/mol. The van der Waals surface area contributed by atoms with Gasteiger partial charge in [-0.1, -0.05) is 30.3 Å². The largest absolute Gasteiger partial charge is 0.338 e. The van der Waals surface area contributed by atoms with Crippen LogP contribution < -0.4 is 5.32 Å². The molecule has 1 aromatic heterocycles. The Morgan fingerprint density at radius 2 is 1.70 bits per heavy atom. The first-order chi connectivity index (χ1) is 14.5. The zero-order chi connectivity index (χ0) is 21.1. The lowest BCUT2D eigenvalue weighted by atomic mass is 9.95. The van der Waals surface area contributed by atoms with Gasteiger partial charge in [0.15, 0.2) is 0 Å². The smallest absolute Gasteiger partial charge is 0.257 e. The molecule has 0 atom stereocenters. The number of piperidine rings is 1. The van der Waals surface area contributed by atoms with Crippen molar-refractivity contribution in [1.82, 2.24) is 14.7 Å². The first-order valence-corrected chi connectivity index (χ1v) is 9.99. The zero-order valence-electron chi connectivity index (χ0n) is 16.7. The highest BCUT2D eigenvalue weighted by Crippen LogP contribution is 2.23. The lowest BCUT2D eigenvalue weighted by molar-refractivity contribution is -0.121. The van der Waals surface area contributed by atoms with Crippen LogP contribution in [0.5, 0.6) is 0 Å². The van der Waals surface area contributed by atoms with Crippen LogP contribution in [0.15, 0.2) is 60.8 Å². The lowest BCUT2D eigenvalue weighted by Crippen LogP contribution is -2.41. The number of carbonyl (C=O) groups is 2. The number of anilines is 1. The number of benzene rings is 2. The van der Waals surface area contributed by atoms with Crippen molar-refractivity contribution in [2.45, 2.75) is 19.8 Å². The van der Waals surface area contributed by atoms with E-state index < -0.39 is 5.82 Å². The van der Waals surface area contributed by atoms with Crippen molar-refractivity contribution in [3.05, 3.63) is 77.9 Å². The molecule has 2 amide bonds. The molecule has 154 valence electrons. The summed E-state index contributed by atoms with van der Waals surface area (Å²) in [4.78, 5) is 27.2. The van der Waals surface area contributed by atoms with E-state index in [-0.39, 0.29) is 17.7 Å². The monoisotopic (exact) mass is 406 g/mol. The maximum Gasteiger partial charge on any atom is 0.257 e. The molecule has 2 aromatic carbocycles. The predicted octanol–water partition coefficient (Wildman–Crippen LogP) is 3.81. The van der Waals surface area contributed by atoms with Crippen LogP contribution in [0.4, 0.5) is 10.1 Å². The van der Waals surface area contributed by atoms with Crippen molar-refractivity contribution in [2.75, 3.05) is 18.4 Å². The summed E-state index contributed by atoms with van der Waals surface area (Å²) in [6, 6.07) is 15.7. The number of para-hydroxylation sites is 2. The van der Waals surface area contributed by atoms with E-state index in [1.807, 2.05) is 30.3 Å². The van der Waals surface area contributed by atoms with Gasteiger partial charge in [-0.2, -0.15) is 5.10 Å². The van der Waals surface area contributed by atoms with Crippen LogP contribution in [0.25, 0.3) is 5.69 Å². The number of rotatable bonds is 4. The molecule has 1 N–H and O–H groups in total. The van der Waals surface area contributed by atoms with Gasteiger partial charge < -0.3 is 10.2 Å². The van der Waals surface area contributed by atoms with Gasteiger partial charge in [-0.15, -0.1) is 0 Å². The number of carbonyl (C=O) groups excluding carboxylic acids is 2. The molecule has 0 unspecified atom stereocenters. The molecule has 3 aromatic rings. The molecule has 0 spiro atoms. The minimum atomic E-state index is -0.395. The minimum Gasteiger partial charge on any atom is -0.338 e. The predicted molar refractivity (Wildman–Crippen MR) is 112 cm³/mol. The SMILES string of the molecule is Cc1c(C(=O)N2CCC(C(=O)Nc3ccccc3)CC2)cnn1-c1ccccc1F. The van der Waals surface area contributed by atoms with Gasteiger partial charge in [0.2, 0.25) is 5.91 Å². The summed E-state index contributed by atoms with van der Waals surface area (Å²) in [5, 5.41) is 7.15. The Hall–Kier alpha value is -3.48. The van der Waals surface area contributed by atoms with Crippen LogP contribution in [0.2, 0.25) is 0 Å². The fourth-order valence-electron chi connectivity index (χ4n) is 3.77. The van der Waals surface area contributed by atoms with Crippen LogP contribution in [-0.4, -0.2) is 39.6 Å². The summed E-state index contributed by atoms with van der Waals surface area (Å²) in [5.41, 5.74) is 2.13. The molecule has 30 heavy (non-hydrogen) atoms. The minimum absolute atomic E-state index is 0.0168. The second kappa shape index (κ2) is 8.49. The molecule has 0 radical (unpaired) electrons. The molecule has 7 heteroatoms. The Morgan fingerprint density at radius 1 is 1.03 bits per heavy atom. The molecule has 2 heterocycles. The van der Waals surface area contributed by atoms with Crippen molar-refractivity contribution in [1.29, 1.82) is 0 Å². The van der Waals surface area contributed by atoms with Crippen LogP contribution >= 0.6 is 0 Å². The number of nitrogens with zero attached hydrogens (tertiary/aromatic N) is 3. The van der Waals surface area contributed by atoms with Crippen LogP contribution in [-0.2, 0) is 4.79 Å². The molecular formula is C23H23FN4O2. The van der Waals surface area contributed by atoms with Gasteiger partial charge in [-0.3, -0.25) is 9.59 Å². The third-order valence-corrected chi connectivity index (χ3v) is 5.52. The third-order valence-electron chi connectivity index (χ3n) is 5.52. The van der Waals surface area contributed by atoms with Crippen LogP contribution in [0, 0.1) is 18.7 Å². The fraction of sp³-hybridized carbons (Fsp3) is 0.261. The molecule has 1 fully saturated rings. The molecule has 4 rings (SSSR count). The van der Waals surface area contributed by atoms with E-state index in [1.54, 1.807) is 30.0 Å². The summed E-state index contributed by atoms with van der Waals surface area (Å²) in [5.74, 6) is -0.682. The first-order valence-electron chi connectivity index (χ1n) is 9.99. The van der Waals surface area contributed by atoms with Crippen LogP contribution in [0.1, 0.15) is 28.9 Å². The van der Waals surface area contributed by atoms with Crippen LogP contribution in [0.3, 0.4) is 0 Å². The van der Waals surface area contributed by atoms with E-state index in [0.717, 1.165) is 5.69 Å². The molecule has 1 aliphatic heterocycles. The van der Waals surface area contributed by atoms with Gasteiger partial charge in [0.25, 0.3) is 5.91 Å². The highest BCUT2D eigenvalue weighted by atomic mass is 19.1. The van der Waals surface area contributed by atoms with E-state index in [0.29, 0.717) is 42.9 Å². The van der Waals surface area contributed by atoms with Gasteiger partial charge in [-0.05, 0) is 44.0 Å². The number of halogens is 1. The Labute approximate surface area is 174 Å². The Kier molecular flexibility index (Phi) is 5.61. The van der Waals surface area contributed by atoms with E-state index in [9.17, 15) is 14.0 Å². The average Bonchev–Trinajstić information content (AvgIpc) is 3.15. The summed E-state index contributed by atoms with van der Waals surface area (Å²) in [6.07, 6.45) is 2.69. The van der Waals surface area contributed by atoms with Crippen molar-refractivity contribution in [2.24, 2.45) is 5.92 Å². The summed E-state index contributed by atoms with van der Waals surface area (Å²) in [7, 11) is 0. The number of aromatic nitrogens is 2. The van der Waals surface area contributed by atoms with Crippen molar-refractivity contribution in [3.63, 3.8) is 0 Å². The average molecular weight is 406 g/mol. The maximum atomic E-state index is 14.1. The van der Waals surface area contributed by atoms with E-state index >= 15 is 0 Å². The van der Waals surface area contributed by atoms with E-state index in [4.69, 9.17) is 0 Å². The molecule has 1 saturated heterocycles. The molecule has 0 aliphatic carbocycles. The van der Waals surface area contributed by atoms with Gasteiger partial charge in [-0.25, -0.2) is 9.07 Å². The summed E-state index contributed by atoms with van der Waals surface area (Å²) >= 11 is 0. The normalized spacial score (nSPS) is 14.5. The highest BCUT2D eigenvalue weighted by molar-refractivity contribution is 5.96. The molecule has 0 bridgehead atoms. The Balaban J connectivity index is 1.40. The fourth-order valence-corrected chi connectivity index (χ4v) is 3.77. The van der Waals surface area contributed by atoms with Crippen molar-refractivity contribution < 1.29 is 14.0 Å². The summed E-state index contributed by atoms with van der Waals surface area (Å²) < 4.78 is 15.5. The number of hydrogen-bond donors (Lipinski definition) is 1.